The number of rotatable bonds is 21. The number of fused-ring (bicyclic) bond motifs is 2. The van der Waals surface area contributed by atoms with Crippen LogP contribution in [-0.4, -0.2) is 87.6 Å². The van der Waals surface area contributed by atoms with Crippen molar-refractivity contribution in [3.63, 3.8) is 0 Å². The molecule has 14 nitrogen and oxygen atoms in total. The molecule has 274 valence electrons. The van der Waals surface area contributed by atoms with E-state index in [4.69, 9.17) is 25.4 Å². The second-order valence-electron chi connectivity index (χ2n) is 12.2. The molecule has 0 atom stereocenters. The average Bonchev–Trinajstić information content (AvgIpc) is 3.07. The Hall–Kier alpha value is -4.47. The van der Waals surface area contributed by atoms with Gasteiger partial charge in [-0.3, -0.25) is 14.4 Å². The van der Waals surface area contributed by atoms with Crippen LogP contribution in [0.3, 0.4) is 0 Å². The number of nitrogens with one attached hydrogen (secondary N) is 4. The lowest BCUT2D eigenvalue weighted by Gasteiger charge is -2.18. The van der Waals surface area contributed by atoms with Gasteiger partial charge in [-0.25, -0.2) is 0 Å². The van der Waals surface area contributed by atoms with Crippen LogP contribution in [0.2, 0.25) is 0 Å². The molecular weight excluding hydrogens is 644 g/mol. The fourth-order valence-corrected chi connectivity index (χ4v) is 5.15. The number of allylic oxidation sites excluding steroid dienone is 4. The van der Waals surface area contributed by atoms with E-state index in [2.05, 4.69) is 21.3 Å². The molecule has 3 aromatic rings. The topological polar surface area (TPSA) is 223 Å². The van der Waals surface area contributed by atoms with Gasteiger partial charge in [-0.1, -0.05) is 23.3 Å². The molecule has 3 rings (SSSR count). The fraction of sp³-hybridized carbons (Fsp3) is 0.472. The Kier molecular flexibility index (Phi) is 16.2. The van der Waals surface area contributed by atoms with E-state index in [0.29, 0.717) is 69.0 Å². The molecule has 50 heavy (non-hydrogen) atoms. The number of amides is 2. The van der Waals surface area contributed by atoms with E-state index < -0.39 is 12.0 Å². The first kappa shape index (κ1) is 40.0. The number of aliphatic hydroxyl groups excluding tert-OH is 1. The number of phenolic OH excluding ortho intramolecular Hbond substituents is 1. The van der Waals surface area contributed by atoms with Crippen molar-refractivity contribution in [2.24, 2.45) is 11.5 Å². The van der Waals surface area contributed by atoms with Gasteiger partial charge in [-0.05, 0) is 46.1 Å². The van der Waals surface area contributed by atoms with Gasteiger partial charge >= 0.3 is 0 Å². The smallest absolute Gasteiger partial charge is 0.257 e. The molecule has 1 aromatic heterocycles. The van der Waals surface area contributed by atoms with Crippen LogP contribution in [0.4, 0.5) is 0 Å². The van der Waals surface area contributed by atoms with E-state index >= 15 is 0 Å². The third-order valence-corrected chi connectivity index (χ3v) is 7.67. The molecule has 0 radical (unpaired) electrons. The van der Waals surface area contributed by atoms with Crippen LogP contribution in [0.5, 0.6) is 17.2 Å². The first-order valence-electron chi connectivity index (χ1n) is 16.8. The molecule has 2 amide bonds. The first-order valence-corrected chi connectivity index (χ1v) is 16.8. The molecule has 0 bridgehead atoms. The zero-order valence-electron chi connectivity index (χ0n) is 29.5. The highest BCUT2D eigenvalue weighted by atomic mass is 16.5. The summed E-state index contributed by atoms with van der Waals surface area (Å²) in [6.45, 7) is 10.5. The van der Waals surface area contributed by atoms with Crippen LogP contribution in [0.1, 0.15) is 44.4 Å². The average molecular weight is 697 g/mol. The van der Waals surface area contributed by atoms with Gasteiger partial charge in [0.1, 0.15) is 33.8 Å². The number of hydrogen-bond donors (Lipinski definition) is 8. The summed E-state index contributed by atoms with van der Waals surface area (Å²) in [5.74, 6) is -0.716. The molecule has 0 aliphatic carbocycles. The number of carbonyl (C=O) groups is 2. The normalized spacial score (nSPS) is 11.0. The van der Waals surface area contributed by atoms with Crippen molar-refractivity contribution in [1.29, 1.82) is 0 Å². The summed E-state index contributed by atoms with van der Waals surface area (Å²) in [4.78, 5) is 39.4. The Bertz CT molecular complexity index is 1740. The van der Waals surface area contributed by atoms with Crippen LogP contribution >= 0.6 is 0 Å². The van der Waals surface area contributed by atoms with E-state index in [1.165, 1.54) is 12.1 Å². The number of nitrogens with two attached hydrogens (primary N) is 2. The summed E-state index contributed by atoms with van der Waals surface area (Å²) in [5, 5.41) is 33.9. The monoisotopic (exact) mass is 696 g/mol. The van der Waals surface area contributed by atoms with Crippen molar-refractivity contribution in [3.05, 3.63) is 62.3 Å². The number of benzene rings is 2. The number of ether oxygens (including phenoxy) is 2. The Morgan fingerprint density at radius 2 is 1.22 bits per heavy atom. The number of phenols is 1. The number of aromatic hydroxyl groups is 1. The van der Waals surface area contributed by atoms with E-state index in [-0.39, 0.29) is 77.1 Å². The maximum absolute atomic E-state index is 14.3. The van der Waals surface area contributed by atoms with Crippen molar-refractivity contribution in [3.8, 4) is 17.2 Å². The maximum Gasteiger partial charge on any atom is 0.257 e. The van der Waals surface area contributed by atoms with E-state index in [1.807, 2.05) is 39.8 Å². The van der Waals surface area contributed by atoms with Gasteiger partial charge < -0.3 is 56.8 Å². The number of carbonyl (C=O) groups excluding carboxylic acids is 2. The molecule has 0 aliphatic rings. The Labute approximate surface area is 292 Å². The Morgan fingerprint density at radius 3 is 1.70 bits per heavy atom. The third kappa shape index (κ3) is 11.3. The SMILES string of the molecule is CC(C)=CCc1c(OCC(=O)NCCNCCN)cc2oc3cc(OCC(=O)NCCNCCN)c(CO)c(CC=C(C)C)c3c(=O)c2c1O. The summed E-state index contributed by atoms with van der Waals surface area (Å²) in [7, 11) is 0. The lowest BCUT2D eigenvalue weighted by molar-refractivity contribution is -0.123. The van der Waals surface area contributed by atoms with Crippen molar-refractivity contribution >= 4 is 33.8 Å². The third-order valence-electron chi connectivity index (χ3n) is 7.67. The lowest BCUT2D eigenvalue weighted by atomic mass is 9.95. The van der Waals surface area contributed by atoms with Gasteiger partial charge in [0.2, 0.25) is 5.43 Å². The highest BCUT2D eigenvalue weighted by Crippen LogP contribution is 2.39. The van der Waals surface area contributed by atoms with Crippen molar-refractivity contribution < 1.29 is 33.7 Å². The predicted octanol–water partition coefficient (Wildman–Crippen LogP) is 1.25. The zero-order chi connectivity index (χ0) is 36.6. The molecule has 0 aliphatic heterocycles. The summed E-state index contributed by atoms with van der Waals surface area (Å²) >= 11 is 0. The Morgan fingerprint density at radius 1 is 0.740 bits per heavy atom. The predicted molar refractivity (Wildman–Crippen MR) is 195 cm³/mol. The minimum atomic E-state index is -0.507. The first-order chi connectivity index (χ1) is 24.0. The maximum atomic E-state index is 14.3. The summed E-state index contributed by atoms with van der Waals surface area (Å²) < 4.78 is 18.0. The van der Waals surface area contributed by atoms with E-state index in [9.17, 15) is 24.6 Å². The minimum absolute atomic E-state index is 0.0286. The van der Waals surface area contributed by atoms with Gasteiger partial charge in [0.05, 0.1) is 12.0 Å². The van der Waals surface area contributed by atoms with Crippen LogP contribution in [0, 0.1) is 0 Å². The molecule has 10 N–H and O–H groups in total. The molecule has 0 saturated carbocycles. The summed E-state index contributed by atoms with van der Waals surface area (Å²) in [5.41, 5.74) is 13.6. The van der Waals surface area contributed by atoms with E-state index in [0.717, 1.165) is 11.1 Å². The van der Waals surface area contributed by atoms with Gasteiger partial charge in [-0.2, -0.15) is 0 Å². The van der Waals surface area contributed by atoms with Crippen molar-refractivity contribution in [2.45, 2.75) is 47.1 Å². The van der Waals surface area contributed by atoms with E-state index in [1.54, 1.807) is 0 Å². The molecule has 0 spiro atoms. The standard InChI is InChI=1S/C36H52N6O8/c1-22(2)5-7-24-26(19-43)28(49-21-32(45)42-16-14-40-12-10-38)18-29-33(24)36(47)34-30(50-29)17-27(25(35(34)46)8-6-23(3)4)48-20-31(44)41-15-13-39-11-9-37/h5-6,17-18,39-40,43,46H,7-16,19-21,37-38H2,1-4H3,(H,41,44)(H,42,45). The second kappa shape index (κ2) is 20.3. The molecule has 0 fully saturated rings. The quantitative estimate of drug-likeness (QED) is 0.0448. The summed E-state index contributed by atoms with van der Waals surface area (Å²) in [6, 6.07) is 2.95. The van der Waals surface area contributed by atoms with Crippen molar-refractivity contribution in [2.75, 3.05) is 65.6 Å². The van der Waals surface area contributed by atoms with Gasteiger partial charge in [0.25, 0.3) is 11.8 Å². The van der Waals surface area contributed by atoms with Crippen LogP contribution in [0.15, 0.2) is 44.6 Å². The lowest BCUT2D eigenvalue weighted by Crippen LogP contribution is -2.36. The largest absolute Gasteiger partial charge is 0.507 e. The van der Waals surface area contributed by atoms with Gasteiger partial charge in [0.15, 0.2) is 13.2 Å². The number of hydrogen-bond acceptors (Lipinski definition) is 12. The van der Waals surface area contributed by atoms with Gasteiger partial charge in [0, 0.05) is 75.6 Å². The molecular formula is C36H52N6O8. The molecule has 0 saturated heterocycles. The second-order valence-corrected chi connectivity index (χ2v) is 12.2. The fourth-order valence-electron chi connectivity index (χ4n) is 5.15. The molecule has 14 heteroatoms. The number of aliphatic hydroxyl groups is 1. The van der Waals surface area contributed by atoms with Crippen LogP contribution < -0.4 is 47.6 Å². The van der Waals surface area contributed by atoms with Crippen molar-refractivity contribution in [1.82, 2.24) is 21.3 Å². The van der Waals surface area contributed by atoms with Crippen LogP contribution in [-0.2, 0) is 29.0 Å². The highest BCUT2D eigenvalue weighted by molar-refractivity contribution is 5.97. The zero-order valence-corrected chi connectivity index (χ0v) is 29.5. The highest BCUT2D eigenvalue weighted by Gasteiger charge is 2.24. The molecule has 2 aromatic carbocycles. The van der Waals surface area contributed by atoms with Gasteiger partial charge in [-0.15, -0.1) is 0 Å². The van der Waals surface area contributed by atoms with Crippen LogP contribution in [0.25, 0.3) is 21.9 Å². The Balaban J connectivity index is 2.10. The summed E-state index contributed by atoms with van der Waals surface area (Å²) in [6.07, 6.45) is 4.26. The molecule has 1 heterocycles. The minimum Gasteiger partial charge on any atom is -0.507 e. The molecule has 0 unspecified atom stereocenters.